The van der Waals surface area contributed by atoms with Gasteiger partial charge in [0.1, 0.15) is 0 Å². The molecule has 1 unspecified atom stereocenters. The summed E-state index contributed by atoms with van der Waals surface area (Å²) in [7, 11) is 0. The molecule has 0 saturated heterocycles. The van der Waals surface area contributed by atoms with E-state index in [-0.39, 0.29) is 11.0 Å². The zero-order valence-electron chi connectivity index (χ0n) is 8.12. The van der Waals surface area contributed by atoms with Gasteiger partial charge < -0.3 is 9.84 Å². The number of aliphatic carboxylic acids is 1. The molecule has 0 aromatic rings. The second-order valence-electron chi connectivity index (χ2n) is 2.28. The molecule has 0 bridgehead atoms. The number of ether oxygens (including phenoxy) is 1. The Labute approximate surface area is 87.8 Å². The summed E-state index contributed by atoms with van der Waals surface area (Å²) in [5, 5.41) is 8.37. The Hall–Kier alpha value is -1.29. The first-order valence-corrected chi connectivity index (χ1v) is 4.06. The summed E-state index contributed by atoms with van der Waals surface area (Å²) in [5.41, 5.74) is 0. The van der Waals surface area contributed by atoms with Crippen LogP contribution in [0, 0.1) is 5.92 Å². The van der Waals surface area contributed by atoms with Gasteiger partial charge in [-0.3, -0.25) is 9.59 Å². The van der Waals surface area contributed by atoms with Crippen LogP contribution in [-0.2, 0) is 14.3 Å². The first-order valence-electron chi connectivity index (χ1n) is 3.68. The lowest BCUT2D eigenvalue weighted by Gasteiger charge is -1.99. The summed E-state index contributed by atoms with van der Waals surface area (Å²) in [6.07, 6.45) is 1.10. The Morgan fingerprint density at radius 1 is 1.57 bits per heavy atom. The van der Waals surface area contributed by atoms with Crippen molar-refractivity contribution in [3.05, 3.63) is 24.5 Å². The first kappa shape index (κ1) is 15.2. The number of carbonyl (C=O) groups is 2. The molecule has 5 heteroatoms. The van der Waals surface area contributed by atoms with Gasteiger partial charge in [0.2, 0.25) is 0 Å². The fraction of sp³-hybridized carbons (Fsp3) is 0.333. The van der Waals surface area contributed by atoms with Gasteiger partial charge in [0, 0.05) is 12.0 Å². The molecule has 0 heterocycles. The third-order valence-corrected chi connectivity index (χ3v) is 1.42. The van der Waals surface area contributed by atoms with E-state index in [1.54, 1.807) is 0 Å². The van der Waals surface area contributed by atoms with Crippen LogP contribution >= 0.6 is 11.6 Å². The van der Waals surface area contributed by atoms with Gasteiger partial charge in [-0.05, 0) is 6.92 Å². The predicted octanol–water partition coefficient (Wildman–Crippen LogP) is 2.15. The lowest BCUT2D eigenvalue weighted by Crippen LogP contribution is -2.08. The zero-order valence-corrected chi connectivity index (χ0v) is 8.87. The summed E-state index contributed by atoms with van der Waals surface area (Å²) >= 11 is 5.25. The van der Waals surface area contributed by atoms with Crippen molar-refractivity contribution in [1.29, 1.82) is 0 Å². The Morgan fingerprint density at radius 2 is 2.00 bits per heavy atom. The third kappa shape index (κ3) is 10.7. The van der Waals surface area contributed by atoms with Crippen molar-refractivity contribution in [2.75, 3.05) is 0 Å². The van der Waals surface area contributed by atoms with Crippen LogP contribution in [0.4, 0.5) is 0 Å². The monoisotopic (exact) mass is 220 g/mol. The molecule has 80 valence electrons. The quantitative estimate of drug-likeness (QED) is 0.585. The van der Waals surface area contributed by atoms with Crippen molar-refractivity contribution in [1.82, 2.24) is 0 Å². The molecule has 0 aliphatic heterocycles. The van der Waals surface area contributed by atoms with Crippen molar-refractivity contribution in [3.8, 4) is 0 Å². The Bertz CT molecular complexity index is 221. The molecular weight excluding hydrogens is 208 g/mol. The van der Waals surface area contributed by atoms with Gasteiger partial charge in [0.25, 0.3) is 0 Å². The molecule has 0 radical (unpaired) electrons. The average molecular weight is 221 g/mol. The Balaban J connectivity index is 0. The second-order valence-corrected chi connectivity index (χ2v) is 2.77. The highest BCUT2D eigenvalue weighted by Gasteiger charge is 2.11. The smallest absolute Gasteiger partial charge is 0.311 e. The molecule has 0 aromatic heterocycles. The number of esters is 1. The van der Waals surface area contributed by atoms with Gasteiger partial charge in [-0.25, -0.2) is 0 Å². The largest absolute Gasteiger partial charge is 0.481 e. The molecule has 14 heavy (non-hydrogen) atoms. The standard InChI is InChI=1S/C5H7ClO2.C4H6O2/c1-3(4(2)6)5(7)8;1-3-6-4(2)5/h3H,2H2,1H3,(H,7,8);3H,1H2,2H3. The number of hydrogen-bond acceptors (Lipinski definition) is 3. The molecule has 0 spiro atoms. The summed E-state index contributed by atoms with van der Waals surface area (Å²) in [6.45, 7) is 9.22. The lowest BCUT2D eigenvalue weighted by molar-refractivity contribution is -0.139. The molecular formula is C9H13ClO4. The van der Waals surface area contributed by atoms with E-state index in [0.717, 1.165) is 6.26 Å². The van der Waals surface area contributed by atoms with Crippen molar-refractivity contribution in [2.45, 2.75) is 13.8 Å². The van der Waals surface area contributed by atoms with Gasteiger partial charge in [-0.1, -0.05) is 24.8 Å². The second kappa shape index (κ2) is 8.31. The van der Waals surface area contributed by atoms with Crippen LogP contribution in [0.1, 0.15) is 13.8 Å². The zero-order chi connectivity index (χ0) is 11.7. The van der Waals surface area contributed by atoms with Gasteiger partial charge in [-0.2, -0.15) is 0 Å². The van der Waals surface area contributed by atoms with Crippen molar-refractivity contribution >= 4 is 23.5 Å². The van der Waals surface area contributed by atoms with Crippen LogP contribution in [0.25, 0.3) is 0 Å². The van der Waals surface area contributed by atoms with E-state index >= 15 is 0 Å². The molecule has 4 nitrogen and oxygen atoms in total. The molecule has 0 aliphatic rings. The highest BCUT2D eigenvalue weighted by molar-refractivity contribution is 6.30. The van der Waals surface area contributed by atoms with E-state index in [2.05, 4.69) is 17.9 Å². The van der Waals surface area contributed by atoms with Gasteiger partial charge in [-0.15, -0.1) is 0 Å². The highest BCUT2D eigenvalue weighted by atomic mass is 35.5. The van der Waals surface area contributed by atoms with E-state index in [0.29, 0.717) is 0 Å². The topological polar surface area (TPSA) is 63.6 Å². The molecule has 1 N–H and O–H groups in total. The number of halogens is 1. The highest BCUT2D eigenvalue weighted by Crippen LogP contribution is 2.11. The Morgan fingerprint density at radius 3 is 2.00 bits per heavy atom. The van der Waals surface area contributed by atoms with Gasteiger partial charge in [0.05, 0.1) is 12.2 Å². The van der Waals surface area contributed by atoms with E-state index in [1.165, 1.54) is 13.8 Å². The minimum absolute atomic E-state index is 0.164. The SMILES string of the molecule is C=C(Cl)C(C)C(=O)O.C=COC(C)=O. The predicted molar refractivity (Wildman–Crippen MR) is 53.8 cm³/mol. The van der Waals surface area contributed by atoms with Crippen LogP contribution in [0.15, 0.2) is 24.5 Å². The third-order valence-electron chi connectivity index (χ3n) is 1.09. The summed E-state index contributed by atoms with van der Waals surface area (Å²) in [6, 6.07) is 0. The summed E-state index contributed by atoms with van der Waals surface area (Å²) in [5.74, 6) is -1.91. The molecule has 0 saturated carbocycles. The van der Waals surface area contributed by atoms with Crippen molar-refractivity contribution < 1.29 is 19.4 Å². The van der Waals surface area contributed by atoms with Crippen LogP contribution in [0.3, 0.4) is 0 Å². The van der Waals surface area contributed by atoms with E-state index in [4.69, 9.17) is 16.7 Å². The number of carbonyl (C=O) groups excluding carboxylic acids is 1. The summed E-state index contributed by atoms with van der Waals surface area (Å²) < 4.78 is 4.17. The molecule has 0 aromatic carbocycles. The van der Waals surface area contributed by atoms with Crippen molar-refractivity contribution in [2.24, 2.45) is 5.92 Å². The summed E-state index contributed by atoms with van der Waals surface area (Å²) in [4.78, 5) is 19.7. The van der Waals surface area contributed by atoms with Gasteiger partial charge in [0.15, 0.2) is 0 Å². The van der Waals surface area contributed by atoms with Gasteiger partial charge >= 0.3 is 11.9 Å². The maximum atomic E-state index is 10.00. The maximum absolute atomic E-state index is 10.00. The fourth-order valence-corrected chi connectivity index (χ4v) is 0.345. The van der Waals surface area contributed by atoms with Crippen LogP contribution in [0.2, 0.25) is 0 Å². The number of rotatable bonds is 3. The fourth-order valence-electron chi connectivity index (χ4n) is 0.251. The lowest BCUT2D eigenvalue weighted by atomic mass is 10.2. The average Bonchev–Trinajstić information content (AvgIpc) is 2.03. The number of carboxylic acids is 1. The van der Waals surface area contributed by atoms with Crippen LogP contribution in [-0.4, -0.2) is 17.0 Å². The number of carboxylic acid groups (broad SMARTS) is 1. The molecule has 0 fully saturated rings. The van der Waals surface area contributed by atoms with E-state index < -0.39 is 11.9 Å². The van der Waals surface area contributed by atoms with E-state index in [1.807, 2.05) is 0 Å². The van der Waals surface area contributed by atoms with Crippen LogP contribution < -0.4 is 0 Å². The molecule has 1 atom stereocenters. The maximum Gasteiger partial charge on any atom is 0.311 e. The Kier molecular flexibility index (Phi) is 9.02. The molecule has 0 aliphatic carbocycles. The van der Waals surface area contributed by atoms with E-state index in [9.17, 15) is 9.59 Å². The first-order chi connectivity index (χ1) is 6.32. The normalized spacial score (nSPS) is 10.2. The minimum Gasteiger partial charge on any atom is -0.481 e. The molecule has 0 rings (SSSR count). The number of hydrogen-bond donors (Lipinski definition) is 1. The minimum atomic E-state index is -0.940. The molecule has 0 amide bonds. The van der Waals surface area contributed by atoms with Crippen LogP contribution in [0.5, 0.6) is 0 Å². The van der Waals surface area contributed by atoms with Crippen molar-refractivity contribution in [3.63, 3.8) is 0 Å².